The number of nitrogens with zero attached hydrogens (tertiary/aromatic N) is 2. The van der Waals surface area contributed by atoms with Crippen LogP contribution < -0.4 is 9.62 Å². The maximum absolute atomic E-state index is 14.4. The third kappa shape index (κ3) is 7.28. The van der Waals surface area contributed by atoms with E-state index in [9.17, 15) is 22.4 Å². The van der Waals surface area contributed by atoms with Gasteiger partial charge in [0, 0.05) is 12.6 Å². The molecule has 2 amide bonds. The summed E-state index contributed by atoms with van der Waals surface area (Å²) in [5.74, 6) is -1.72. The molecule has 2 rings (SSSR count). The van der Waals surface area contributed by atoms with Crippen LogP contribution in [0.1, 0.15) is 38.3 Å². The average Bonchev–Trinajstić information content (AvgIpc) is 2.75. The van der Waals surface area contributed by atoms with Crippen LogP contribution >= 0.6 is 0 Å². The normalized spacial score (nSPS) is 13.2. The minimum absolute atomic E-state index is 0.0817. The Kier molecular flexibility index (Phi) is 8.99. The first kappa shape index (κ1) is 26.3. The van der Waals surface area contributed by atoms with Crippen LogP contribution in [0.4, 0.5) is 10.1 Å². The number of para-hydroxylation sites is 1. The van der Waals surface area contributed by atoms with Gasteiger partial charge in [-0.3, -0.25) is 13.9 Å². The second-order valence-corrected chi connectivity index (χ2v) is 10.1. The highest BCUT2D eigenvalue weighted by Crippen LogP contribution is 2.22. The highest BCUT2D eigenvalue weighted by molar-refractivity contribution is 7.92. The molecule has 0 aliphatic rings. The number of rotatable bonds is 10. The summed E-state index contributed by atoms with van der Waals surface area (Å²) in [7, 11) is -3.97. The number of hydrogen-bond acceptors (Lipinski definition) is 4. The quantitative estimate of drug-likeness (QED) is 0.569. The fourth-order valence-electron chi connectivity index (χ4n) is 3.30. The van der Waals surface area contributed by atoms with Crippen molar-refractivity contribution in [2.45, 2.75) is 52.7 Å². The number of anilines is 1. The van der Waals surface area contributed by atoms with E-state index in [0.29, 0.717) is 0 Å². The van der Waals surface area contributed by atoms with Crippen LogP contribution in [0.15, 0.2) is 48.5 Å². The van der Waals surface area contributed by atoms with Crippen molar-refractivity contribution in [3.63, 3.8) is 0 Å². The lowest BCUT2D eigenvalue weighted by Gasteiger charge is -2.32. The van der Waals surface area contributed by atoms with Crippen LogP contribution in [0, 0.1) is 12.7 Å². The van der Waals surface area contributed by atoms with Gasteiger partial charge < -0.3 is 10.2 Å². The van der Waals surface area contributed by atoms with Crippen LogP contribution in [-0.4, -0.2) is 50.0 Å². The van der Waals surface area contributed by atoms with Gasteiger partial charge in [0.1, 0.15) is 18.4 Å². The molecule has 0 fully saturated rings. The fourth-order valence-corrected chi connectivity index (χ4v) is 4.15. The van der Waals surface area contributed by atoms with E-state index in [1.54, 1.807) is 6.92 Å². The Morgan fingerprint density at radius 3 is 2.33 bits per heavy atom. The van der Waals surface area contributed by atoms with Gasteiger partial charge >= 0.3 is 0 Å². The monoisotopic (exact) mass is 477 g/mol. The molecule has 0 aromatic heterocycles. The lowest BCUT2D eigenvalue weighted by molar-refractivity contribution is -0.139. The minimum Gasteiger partial charge on any atom is -0.352 e. The van der Waals surface area contributed by atoms with Crippen molar-refractivity contribution >= 4 is 27.5 Å². The molecule has 0 radical (unpaired) electrons. The predicted octanol–water partition coefficient (Wildman–Crippen LogP) is 3.23. The largest absolute Gasteiger partial charge is 0.352 e. The Morgan fingerprint density at radius 2 is 1.76 bits per heavy atom. The van der Waals surface area contributed by atoms with Gasteiger partial charge in [0.2, 0.25) is 21.8 Å². The SMILES string of the molecule is CC[C@H](C)NC(=O)[C@@H](C)N(Cc1cccc(C)c1)C(=O)CN(c1ccccc1F)S(C)(=O)=O. The van der Waals surface area contributed by atoms with Gasteiger partial charge in [-0.15, -0.1) is 0 Å². The van der Waals surface area contributed by atoms with E-state index < -0.39 is 34.3 Å². The summed E-state index contributed by atoms with van der Waals surface area (Å²) in [5, 5.41) is 2.86. The first-order valence-electron chi connectivity index (χ1n) is 10.8. The number of carbonyl (C=O) groups excluding carboxylic acids is 2. The Hall–Kier alpha value is -2.94. The molecule has 0 aliphatic carbocycles. The topological polar surface area (TPSA) is 86.8 Å². The summed E-state index contributed by atoms with van der Waals surface area (Å²) in [6.45, 7) is 6.78. The summed E-state index contributed by atoms with van der Waals surface area (Å²) < 4.78 is 40.0. The number of amides is 2. The molecule has 2 atom stereocenters. The van der Waals surface area contributed by atoms with Gasteiger partial charge in [-0.05, 0) is 44.9 Å². The van der Waals surface area contributed by atoms with E-state index in [2.05, 4.69) is 5.32 Å². The van der Waals surface area contributed by atoms with E-state index in [0.717, 1.165) is 34.2 Å². The molecule has 2 aromatic rings. The van der Waals surface area contributed by atoms with Crippen molar-refractivity contribution < 1.29 is 22.4 Å². The Labute approximate surface area is 195 Å². The van der Waals surface area contributed by atoms with Crippen LogP contribution in [0.3, 0.4) is 0 Å². The van der Waals surface area contributed by atoms with Gasteiger partial charge in [-0.1, -0.05) is 48.9 Å². The highest BCUT2D eigenvalue weighted by Gasteiger charge is 2.31. The Bertz CT molecular complexity index is 1090. The molecule has 2 aromatic carbocycles. The molecule has 0 unspecified atom stereocenters. The van der Waals surface area contributed by atoms with E-state index in [1.165, 1.54) is 23.1 Å². The Morgan fingerprint density at radius 1 is 1.09 bits per heavy atom. The lowest BCUT2D eigenvalue weighted by Crippen LogP contribution is -2.52. The summed E-state index contributed by atoms with van der Waals surface area (Å²) in [6, 6.07) is 11.9. The minimum atomic E-state index is -3.97. The second-order valence-electron chi connectivity index (χ2n) is 8.23. The van der Waals surface area contributed by atoms with Gasteiger partial charge in [0.25, 0.3) is 0 Å². The molecular weight excluding hydrogens is 445 g/mol. The van der Waals surface area contributed by atoms with E-state index in [1.807, 2.05) is 45.0 Å². The van der Waals surface area contributed by atoms with Crippen molar-refractivity contribution in [1.29, 1.82) is 0 Å². The summed E-state index contributed by atoms with van der Waals surface area (Å²) >= 11 is 0. The number of nitrogens with one attached hydrogen (secondary N) is 1. The average molecular weight is 478 g/mol. The summed E-state index contributed by atoms with van der Waals surface area (Å²) in [6.07, 6.45) is 1.64. The van der Waals surface area contributed by atoms with Crippen LogP contribution in [0.5, 0.6) is 0 Å². The zero-order chi connectivity index (χ0) is 24.8. The first-order valence-corrected chi connectivity index (χ1v) is 12.7. The standard InChI is InChI=1S/C24H32FN3O4S/c1-6-18(3)26-24(30)19(4)27(15-20-11-9-10-17(2)14-20)23(29)16-28(33(5,31)32)22-13-8-7-12-21(22)25/h7-14,18-19H,6,15-16H2,1-5H3,(H,26,30)/t18-,19+/m0/s1. The van der Waals surface area contributed by atoms with E-state index in [4.69, 9.17) is 0 Å². The molecule has 7 nitrogen and oxygen atoms in total. The number of aryl methyl sites for hydroxylation is 1. The molecule has 9 heteroatoms. The van der Waals surface area contributed by atoms with Gasteiger partial charge in [-0.25, -0.2) is 12.8 Å². The number of benzene rings is 2. The maximum Gasteiger partial charge on any atom is 0.244 e. The molecule has 33 heavy (non-hydrogen) atoms. The maximum atomic E-state index is 14.4. The van der Waals surface area contributed by atoms with E-state index >= 15 is 0 Å². The van der Waals surface area contributed by atoms with Crippen molar-refractivity contribution in [2.24, 2.45) is 0 Å². The van der Waals surface area contributed by atoms with Crippen molar-refractivity contribution in [3.05, 3.63) is 65.5 Å². The molecule has 0 aliphatic heterocycles. The molecule has 0 heterocycles. The van der Waals surface area contributed by atoms with Crippen molar-refractivity contribution in [3.8, 4) is 0 Å². The number of sulfonamides is 1. The molecule has 0 bridgehead atoms. The molecule has 180 valence electrons. The smallest absolute Gasteiger partial charge is 0.244 e. The van der Waals surface area contributed by atoms with Crippen LogP contribution in [-0.2, 0) is 26.2 Å². The molecule has 0 saturated carbocycles. The Balaban J connectivity index is 2.40. The molecule has 0 saturated heterocycles. The number of hydrogen-bond donors (Lipinski definition) is 1. The number of carbonyl (C=O) groups is 2. The lowest BCUT2D eigenvalue weighted by atomic mass is 10.1. The van der Waals surface area contributed by atoms with E-state index in [-0.39, 0.29) is 24.2 Å². The van der Waals surface area contributed by atoms with Crippen molar-refractivity contribution in [2.75, 3.05) is 17.1 Å². The predicted molar refractivity (Wildman–Crippen MR) is 128 cm³/mol. The molecular formula is C24H32FN3O4S. The third-order valence-corrected chi connectivity index (χ3v) is 6.53. The third-order valence-electron chi connectivity index (χ3n) is 5.40. The fraction of sp³-hybridized carbons (Fsp3) is 0.417. The molecule has 0 spiro atoms. The highest BCUT2D eigenvalue weighted by atomic mass is 32.2. The first-order chi connectivity index (χ1) is 15.4. The van der Waals surface area contributed by atoms with Gasteiger partial charge in [-0.2, -0.15) is 0 Å². The second kappa shape index (κ2) is 11.3. The van der Waals surface area contributed by atoms with Gasteiger partial charge in [0.05, 0.1) is 11.9 Å². The van der Waals surface area contributed by atoms with Crippen LogP contribution in [0.2, 0.25) is 0 Å². The van der Waals surface area contributed by atoms with Crippen molar-refractivity contribution in [1.82, 2.24) is 10.2 Å². The number of halogens is 1. The molecule has 1 N–H and O–H groups in total. The summed E-state index contributed by atoms with van der Waals surface area (Å²) in [4.78, 5) is 27.5. The summed E-state index contributed by atoms with van der Waals surface area (Å²) in [5.41, 5.74) is 1.56. The van der Waals surface area contributed by atoms with Crippen LogP contribution in [0.25, 0.3) is 0 Å². The zero-order valence-electron chi connectivity index (χ0n) is 19.7. The zero-order valence-corrected chi connectivity index (χ0v) is 20.5. The van der Waals surface area contributed by atoms with Gasteiger partial charge in [0.15, 0.2) is 0 Å².